The first kappa shape index (κ1) is 15.5. The SMILES string of the molecule is CC(C)(CN)N1CCN(CCCc2ccccc2)CC1. The van der Waals surface area contributed by atoms with Gasteiger partial charge in [-0.05, 0) is 38.8 Å². The van der Waals surface area contributed by atoms with Crippen LogP contribution in [0.15, 0.2) is 30.3 Å². The summed E-state index contributed by atoms with van der Waals surface area (Å²) in [4.78, 5) is 5.12. The number of aryl methyl sites for hydroxylation is 1. The van der Waals surface area contributed by atoms with Crippen LogP contribution in [0.25, 0.3) is 0 Å². The Morgan fingerprint density at radius 1 is 1.05 bits per heavy atom. The van der Waals surface area contributed by atoms with Crippen molar-refractivity contribution >= 4 is 0 Å². The number of rotatable bonds is 6. The molecule has 0 radical (unpaired) electrons. The van der Waals surface area contributed by atoms with E-state index in [0.717, 1.165) is 19.6 Å². The van der Waals surface area contributed by atoms with E-state index in [1.807, 2.05) is 0 Å². The Balaban J connectivity index is 1.67. The summed E-state index contributed by atoms with van der Waals surface area (Å²) in [6, 6.07) is 10.8. The summed E-state index contributed by atoms with van der Waals surface area (Å²) in [7, 11) is 0. The molecular weight excluding hydrogens is 246 g/mol. The molecule has 1 fully saturated rings. The molecule has 20 heavy (non-hydrogen) atoms. The normalized spacial score (nSPS) is 18.4. The fourth-order valence-corrected chi connectivity index (χ4v) is 2.86. The fourth-order valence-electron chi connectivity index (χ4n) is 2.86. The quantitative estimate of drug-likeness (QED) is 0.861. The lowest BCUT2D eigenvalue weighted by Gasteiger charge is -2.43. The van der Waals surface area contributed by atoms with Gasteiger partial charge in [0.05, 0.1) is 0 Å². The van der Waals surface area contributed by atoms with Crippen LogP contribution in [0.2, 0.25) is 0 Å². The van der Waals surface area contributed by atoms with E-state index in [2.05, 4.69) is 54.0 Å². The predicted octanol–water partition coefficient (Wildman–Crippen LogP) is 1.97. The van der Waals surface area contributed by atoms with Crippen LogP contribution < -0.4 is 5.73 Å². The average Bonchev–Trinajstić information content (AvgIpc) is 2.49. The Bertz CT molecular complexity index is 380. The molecule has 1 heterocycles. The molecule has 1 aromatic rings. The summed E-state index contributed by atoms with van der Waals surface area (Å²) in [6.07, 6.45) is 2.44. The second-order valence-electron chi connectivity index (χ2n) is 6.43. The second kappa shape index (κ2) is 7.21. The largest absolute Gasteiger partial charge is 0.329 e. The smallest absolute Gasteiger partial charge is 0.0276 e. The van der Waals surface area contributed by atoms with Crippen LogP contribution in [0.5, 0.6) is 0 Å². The lowest BCUT2D eigenvalue weighted by atomic mass is 10.0. The van der Waals surface area contributed by atoms with E-state index in [1.54, 1.807) is 0 Å². The zero-order valence-electron chi connectivity index (χ0n) is 13.0. The zero-order valence-corrected chi connectivity index (χ0v) is 13.0. The molecule has 1 aliphatic heterocycles. The number of hydrogen-bond donors (Lipinski definition) is 1. The molecule has 3 heteroatoms. The highest BCUT2D eigenvalue weighted by Gasteiger charge is 2.28. The average molecular weight is 275 g/mol. The number of nitrogens with two attached hydrogens (primary N) is 1. The Hall–Kier alpha value is -0.900. The maximum absolute atomic E-state index is 5.86. The van der Waals surface area contributed by atoms with Crippen molar-refractivity contribution in [2.45, 2.75) is 32.2 Å². The first-order valence-electron chi connectivity index (χ1n) is 7.83. The monoisotopic (exact) mass is 275 g/mol. The van der Waals surface area contributed by atoms with E-state index >= 15 is 0 Å². The Labute approximate surface area is 123 Å². The number of nitrogens with zero attached hydrogens (tertiary/aromatic N) is 2. The molecule has 0 aromatic heterocycles. The molecule has 2 N–H and O–H groups in total. The van der Waals surface area contributed by atoms with Gasteiger partial charge in [-0.1, -0.05) is 30.3 Å². The molecule has 0 saturated carbocycles. The van der Waals surface area contributed by atoms with Gasteiger partial charge in [-0.25, -0.2) is 0 Å². The Morgan fingerprint density at radius 2 is 1.70 bits per heavy atom. The first-order chi connectivity index (χ1) is 9.62. The molecule has 2 rings (SSSR count). The van der Waals surface area contributed by atoms with Gasteiger partial charge in [0.15, 0.2) is 0 Å². The van der Waals surface area contributed by atoms with Crippen molar-refractivity contribution in [1.29, 1.82) is 0 Å². The molecule has 0 atom stereocenters. The Morgan fingerprint density at radius 3 is 2.30 bits per heavy atom. The van der Waals surface area contributed by atoms with Gasteiger partial charge in [0.1, 0.15) is 0 Å². The lowest BCUT2D eigenvalue weighted by Crippen LogP contribution is -2.57. The van der Waals surface area contributed by atoms with Gasteiger partial charge in [0.2, 0.25) is 0 Å². The van der Waals surface area contributed by atoms with Crippen LogP contribution in [0.4, 0.5) is 0 Å². The van der Waals surface area contributed by atoms with Gasteiger partial charge < -0.3 is 10.6 Å². The minimum absolute atomic E-state index is 0.149. The molecule has 1 aromatic carbocycles. The predicted molar refractivity (Wildman–Crippen MR) is 85.9 cm³/mol. The topological polar surface area (TPSA) is 32.5 Å². The fraction of sp³-hybridized carbons (Fsp3) is 0.647. The van der Waals surface area contributed by atoms with E-state index in [-0.39, 0.29) is 5.54 Å². The standard InChI is InChI=1S/C17H29N3/c1-17(2,15-18)20-13-11-19(12-14-20)10-6-9-16-7-4-3-5-8-16/h3-5,7-8H,6,9-15,18H2,1-2H3. The van der Waals surface area contributed by atoms with Crippen molar-refractivity contribution in [3.05, 3.63) is 35.9 Å². The molecule has 0 bridgehead atoms. The highest BCUT2D eigenvalue weighted by atomic mass is 15.3. The Kier molecular flexibility index (Phi) is 5.58. The number of hydrogen-bond acceptors (Lipinski definition) is 3. The summed E-state index contributed by atoms with van der Waals surface area (Å²) < 4.78 is 0. The van der Waals surface area contributed by atoms with Gasteiger partial charge in [-0.2, -0.15) is 0 Å². The van der Waals surface area contributed by atoms with Crippen molar-refractivity contribution in [2.75, 3.05) is 39.3 Å². The van der Waals surface area contributed by atoms with Crippen LogP contribution in [-0.4, -0.2) is 54.6 Å². The molecule has 0 aliphatic carbocycles. The number of piperazine rings is 1. The molecule has 0 spiro atoms. The summed E-state index contributed by atoms with van der Waals surface area (Å²) in [5, 5.41) is 0. The maximum Gasteiger partial charge on any atom is 0.0276 e. The van der Waals surface area contributed by atoms with Gasteiger partial charge >= 0.3 is 0 Å². The highest BCUT2D eigenvalue weighted by Crippen LogP contribution is 2.15. The summed E-state index contributed by atoms with van der Waals surface area (Å²) in [6.45, 7) is 11.1. The van der Waals surface area contributed by atoms with Crippen LogP contribution in [0, 0.1) is 0 Å². The van der Waals surface area contributed by atoms with Crippen LogP contribution >= 0.6 is 0 Å². The van der Waals surface area contributed by atoms with Crippen molar-refractivity contribution < 1.29 is 0 Å². The molecule has 1 saturated heterocycles. The van der Waals surface area contributed by atoms with Crippen LogP contribution in [0.3, 0.4) is 0 Å². The zero-order chi connectivity index (χ0) is 14.4. The van der Waals surface area contributed by atoms with Gasteiger partial charge in [0.25, 0.3) is 0 Å². The van der Waals surface area contributed by atoms with Crippen molar-refractivity contribution in [2.24, 2.45) is 5.73 Å². The molecule has 112 valence electrons. The number of benzene rings is 1. The van der Waals surface area contributed by atoms with E-state index in [9.17, 15) is 0 Å². The maximum atomic E-state index is 5.86. The molecular formula is C17H29N3. The third-order valence-electron chi connectivity index (χ3n) is 4.51. The molecule has 0 unspecified atom stereocenters. The summed E-state index contributed by atoms with van der Waals surface area (Å²) in [5.41, 5.74) is 7.46. The van der Waals surface area contributed by atoms with Crippen molar-refractivity contribution in [3.63, 3.8) is 0 Å². The first-order valence-corrected chi connectivity index (χ1v) is 7.83. The highest BCUT2D eigenvalue weighted by molar-refractivity contribution is 5.14. The lowest BCUT2D eigenvalue weighted by molar-refractivity contribution is 0.0565. The van der Waals surface area contributed by atoms with Gasteiger partial charge in [-0.15, -0.1) is 0 Å². The van der Waals surface area contributed by atoms with E-state index in [1.165, 1.54) is 38.0 Å². The summed E-state index contributed by atoms with van der Waals surface area (Å²) >= 11 is 0. The van der Waals surface area contributed by atoms with Crippen LogP contribution in [0.1, 0.15) is 25.8 Å². The molecule has 3 nitrogen and oxygen atoms in total. The summed E-state index contributed by atoms with van der Waals surface area (Å²) in [5.74, 6) is 0. The minimum atomic E-state index is 0.149. The second-order valence-corrected chi connectivity index (χ2v) is 6.43. The van der Waals surface area contributed by atoms with E-state index in [4.69, 9.17) is 5.73 Å². The van der Waals surface area contributed by atoms with E-state index < -0.39 is 0 Å². The van der Waals surface area contributed by atoms with Crippen molar-refractivity contribution in [1.82, 2.24) is 9.80 Å². The minimum Gasteiger partial charge on any atom is -0.329 e. The van der Waals surface area contributed by atoms with Gasteiger partial charge in [-0.3, -0.25) is 4.90 Å². The van der Waals surface area contributed by atoms with Crippen molar-refractivity contribution in [3.8, 4) is 0 Å². The van der Waals surface area contributed by atoms with Crippen LogP contribution in [-0.2, 0) is 6.42 Å². The molecule has 0 amide bonds. The third kappa shape index (κ3) is 4.30. The third-order valence-corrected chi connectivity index (χ3v) is 4.51. The van der Waals surface area contributed by atoms with E-state index in [0.29, 0.717) is 0 Å². The van der Waals surface area contributed by atoms with Gasteiger partial charge in [0, 0.05) is 38.3 Å². The molecule has 1 aliphatic rings.